The number of nitrogens with zero attached hydrogens (tertiary/aromatic N) is 3. The van der Waals surface area contributed by atoms with Crippen LogP contribution in [0.5, 0.6) is 0 Å². The van der Waals surface area contributed by atoms with E-state index in [1.165, 1.54) is 0 Å². The molecular weight excluding hydrogens is 246 g/mol. The van der Waals surface area contributed by atoms with Crippen molar-refractivity contribution in [2.24, 2.45) is 0 Å². The standard InChI is InChI=1S/C17H17N3/c1-2-9-16-18-17(14-10-5-3-6-11-14)20(19-16)15-12-7-4-8-13-15/h3-8,10-13H,2,9H2,1H3. The van der Waals surface area contributed by atoms with Gasteiger partial charge >= 0.3 is 0 Å². The fraction of sp³-hybridized carbons (Fsp3) is 0.176. The molecular formula is C17H17N3. The monoisotopic (exact) mass is 263 g/mol. The molecule has 0 aliphatic carbocycles. The number of hydrogen-bond donors (Lipinski definition) is 0. The molecule has 1 aromatic heterocycles. The van der Waals surface area contributed by atoms with E-state index in [0.717, 1.165) is 35.7 Å². The lowest BCUT2D eigenvalue weighted by atomic mass is 10.2. The highest BCUT2D eigenvalue weighted by atomic mass is 15.3. The Kier molecular flexibility index (Phi) is 3.59. The Bertz CT molecular complexity index is 615. The summed E-state index contributed by atoms with van der Waals surface area (Å²) in [5.41, 5.74) is 2.13. The predicted molar refractivity (Wildman–Crippen MR) is 80.8 cm³/mol. The van der Waals surface area contributed by atoms with Gasteiger partial charge in [0.2, 0.25) is 0 Å². The van der Waals surface area contributed by atoms with E-state index in [4.69, 9.17) is 4.98 Å². The summed E-state index contributed by atoms with van der Waals surface area (Å²) in [5, 5.41) is 4.65. The highest BCUT2D eigenvalue weighted by molar-refractivity contribution is 5.57. The summed E-state index contributed by atoms with van der Waals surface area (Å²) in [4.78, 5) is 4.70. The van der Waals surface area contributed by atoms with Crippen molar-refractivity contribution in [1.29, 1.82) is 0 Å². The lowest BCUT2D eigenvalue weighted by molar-refractivity contribution is 0.800. The third-order valence-corrected chi connectivity index (χ3v) is 3.16. The van der Waals surface area contributed by atoms with E-state index in [-0.39, 0.29) is 0 Å². The first-order valence-corrected chi connectivity index (χ1v) is 6.95. The number of hydrogen-bond acceptors (Lipinski definition) is 2. The Morgan fingerprint density at radius 3 is 2.20 bits per heavy atom. The molecule has 0 aliphatic heterocycles. The second-order valence-corrected chi connectivity index (χ2v) is 4.72. The average Bonchev–Trinajstić information content (AvgIpc) is 2.93. The van der Waals surface area contributed by atoms with Gasteiger partial charge in [0.05, 0.1) is 5.69 Å². The van der Waals surface area contributed by atoms with Crippen LogP contribution in [0.15, 0.2) is 60.7 Å². The van der Waals surface area contributed by atoms with Gasteiger partial charge in [-0.3, -0.25) is 0 Å². The molecule has 0 aliphatic rings. The van der Waals surface area contributed by atoms with Crippen LogP contribution in [-0.2, 0) is 6.42 Å². The first kappa shape index (κ1) is 12.6. The summed E-state index contributed by atoms with van der Waals surface area (Å²) < 4.78 is 1.93. The van der Waals surface area contributed by atoms with Crippen LogP contribution in [0.1, 0.15) is 19.2 Å². The van der Waals surface area contributed by atoms with Gasteiger partial charge in [0, 0.05) is 12.0 Å². The van der Waals surface area contributed by atoms with Gasteiger partial charge in [-0.1, -0.05) is 55.5 Å². The zero-order chi connectivity index (χ0) is 13.8. The highest BCUT2D eigenvalue weighted by Gasteiger charge is 2.12. The Morgan fingerprint density at radius 1 is 0.900 bits per heavy atom. The minimum absolute atomic E-state index is 0.898. The highest BCUT2D eigenvalue weighted by Crippen LogP contribution is 2.21. The van der Waals surface area contributed by atoms with Crippen LogP contribution in [0.4, 0.5) is 0 Å². The summed E-state index contributed by atoms with van der Waals surface area (Å²) in [7, 11) is 0. The van der Waals surface area contributed by atoms with Crippen molar-refractivity contribution in [3.8, 4) is 17.1 Å². The number of aromatic nitrogens is 3. The van der Waals surface area contributed by atoms with Crippen molar-refractivity contribution in [2.45, 2.75) is 19.8 Å². The van der Waals surface area contributed by atoms with Gasteiger partial charge in [0.1, 0.15) is 0 Å². The SMILES string of the molecule is CCCc1nc(-c2ccccc2)n(-c2ccccc2)n1. The third kappa shape index (κ3) is 2.48. The quantitative estimate of drug-likeness (QED) is 0.715. The fourth-order valence-electron chi connectivity index (χ4n) is 2.21. The Hall–Kier alpha value is -2.42. The molecule has 3 rings (SSSR count). The van der Waals surface area contributed by atoms with Crippen LogP contribution in [-0.4, -0.2) is 14.8 Å². The van der Waals surface area contributed by atoms with E-state index in [9.17, 15) is 0 Å². The largest absolute Gasteiger partial charge is 0.213 e. The van der Waals surface area contributed by atoms with Crippen molar-refractivity contribution >= 4 is 0 Å². The molecule has 0 N–H and O–H groups in total. The summed E-state index contributed by atoms with van der Waals surface area (Å²) in [6, 6.07) is 20.4. The predicted octanol–water partition coefficient (Wildman–Crippen LogP) is 3.89. The van der Waals surface area contributed by atoms with Gasteiger partial charge in [0.15, 0.2) is 11.6 Å². The number of benzene rings is 2. The second kappa shape index (κ2) is 5.70. The van der Waals surface area contributed by atoms with Gasteiger partial charge in [-0.05, 0) is 18.6 Å². The second-order valence-electron chi connectivity index (χ2n) is 4.72. The van der Waals surface area contributed by atoms with Gasteiger partial charge in [-0.25, -0.2) is 9.67 Å². The Balaban J connectivity index is 2.13. The van der Waals surface area contributed by atoms with Crippen LogP contribution in [0, 0.1) is 0 Å². The summed E-state index contributed by atoms with van der Waals surface area (Å²) in [6.45, 7) is 2.14. The smallest absolute Gasteiger partial charge is 0.163 e. The van der Waals surface area contributed by atoms with E-state index in [0.29, 0.717) is 0 Å². The van der Waals surface area contributed by atoms with Crippen molar-refractivity contribution in [2.75, 3.05) is 0 Å². The van der Waals surface area contributed by atoms with Crippen LogP contribution < -0.4 is 0 Å². The summed E-state index contributed by atoms with van der Waals surface area (Å²) >= 11 is 0. The molecule has 0 atom stereocenters. The van der Waals surface area contributed by atoms with Gasteiger partial charge in [0.25, 0.3) is 0 Å². The Labute approximate surface area is 118 Å². The van der Waals surface area contributed by atoms with Crippen LogP contribution in [0.3, 0.4) is 0 Å². The van der Waals surface area contributed by atoms with Gasteiger partial charge in [-0.15, -0.1) is 0 Å². The molecule has 0 spiro atoms. The molecule has 2 aromatic carbocycles. The zero-order valence-corrected chi connectivity index (χ0v) is 11.5. The van der Waals surface area contributed by atoms with E-state index >= 15 is 0 Å². The van der Waals surface area contributed by atoms with E-state index < -0.39 is 0 Å². The molecule has 3 nitrogen and oxygen atoms in total. The minimum Gasteiger partial charge on any atom is -0.213 e. The van der Waals surface area contributed by atoms with Gasteiger partial charge in [-0.2, -0.15) is 5.10 Å². The molecule has 0 unspecified atom stereocenters. The molecule has 3 heteroatoms. The fourth-order valence-corrected chi connectivity index (χ4v) is 2.21. The van der Waals surface area contributed by atoms with Crippen molar-refractivity contribution in [3.63, 3.8) is 0 Å². The summed E-state index contributed by atoms with van der Waals surface area (Å²) in [5.74, 6) is 1.80. The van der Waals surface area contributed by atoms with Crippen molar-refractivity contribution in [1.82, 2.24) is 14.8 Å². The maximum absolute atomic E-state index is 4.70. The topological polar surface area (TPSA) is 30.7 Å². The number of aryl methyl sites for hydroxylation is 1. The molecule has 0 saturated heterocycles. The average molecular weight is 263 g/mol. The van der Waals surface area contributed by atoms with Gasteiger partial charge < -0.3 is 0 Å². The summed E-state index contributed by atoms with van der Waals surface area (Å²) in [6.07, 6.45) is 1.95. The third-order valence-electron chi connectivity index (χ3n) is 3.16. The first-order valence-electron chi connectivity index (χ1n) is 6.95. The molecule has 3 aromatic rings. The maximum Gasteiger partial charge on any atom is 0.163 e. The Morgan fingerprint density at radius 2 is 1.55 bits per heavy atom. The normalized spacial score (nSPS) is 10.7. The molecule has 100 valence electrons. The number of rotatable bonds is 4. The van der Waals surface area contributed by atoms with Crippen LogP contribution in [0.25, 0.3) is 17.1 Å². The molecule has 0 fully saturated rings. The molecule has 20 heavy (non-hydrogen) atoms. The van der Waals surface area contributed by atoms with Crippen LogP contribution in [0.2, 0.25) is 0 Å². The number of para-hydroxylation sites is 1. The van der Waals surface area contributed by atoms with Crippen molar-refractivity contribution in [3.05, 3.63) is 66.5 Å². The molecule has 0 amide bonds. The first-order chi connectivity index (χ1) is 9.88. The lowest BCUT2D eigenvalue weighted by Gasteiger charge is -2.05. The molecule has 0 radical (unpaired) electrons. The van der Waals surface area contributed by atoms with E-state index in [2.05, 4.69) is 36.3 Å². The van der Waals surface area contributed by atoms with Crippen molar-refractivity contribution < 1.29 is 0 Å². The van der Waals surface area contributed by atoms with Crippen LogP contribution >= 0.6 is 0 Å². The van der Waals surface area contributed by atoms with E-state index in [1.807, 2.05) is 41.1 Å². The zero-order valence-electron chi connectivity index (χ0n) is 11.5. The lowest BCUT2D eigenvalue weighted by Crippen LogP contribution is -1.99. The maximum atomic E-state index is 4.70. The minimum atomic E-state index is 0.898. The van der Waals surface area contributed by atoms with E-state index in [1.54, 1.807) is 0 Å². The molecule has 0 bridgehead atoms. The molecule has 1 heterocycles. The molecule has 0 saturated carbocycles.